The van der Waals surface area contributed by atoms with E-state index in [-0.39, 0.29) is 11.7 Å². The highest BCUT2D eigenvalue weighted by Crippen LogP contribution is 2.24. The summed E-state index contributed by atoms with van der Waals surface area (Å²) in [5.74, 6) is 0.924. The smallest absolute Gasteiger partial charge is 0.278 e. The molecule has 0 saturated carbocycles. The average Bonchev–Trinajstić information content (AvgIpc) is 3.49. The average molecular weight is 474 g/mol. The molecule has 0 bridgehead atoms. The number of benzene rings is 1. The Morgan fingerprint density at radius 1 is 1.23 bits per heavy atom. The number of hydrogen-bond donors (Lipinski definition) is 2. The molecule has 0 amide bonds. The quantitative estimate of drug-likeness (QED) is 0.440. The first-order valence-electron chi connectivity index (χ1n) is 12.0. The molecule has 6 rings (SSSR count). The molecule has 0 aliphatic carbocycles. The summed E-state index contributed by atoms with van der Waals surface area (Å²) in [7, 11) is 0. The van der Waals surface area contributed by atoms with E-state index in [0.29, 0.717) is 42.6 Å². The number of aromatic nitrogens is 5. The van der Waals surface area contributed by atoms with Crippen LogP contribution in [0.2, 0.25) is 0 Å². The predicted molar refractivity (Wildman–Crippen MR) is 132 cm³/mol. The Labute approximate surface area is 201 Å². The number of nitrogens with one attached hydrogen (secondary N) is 2. The second kappa shape index (κ2) is 9.12. The van der Waals surface area contributed by atoms with Crippen molar-refractivity contribution in [2.75, 3.05) is 25.1 Å². The topological polar surface area (TPSA) is 108 Å². The van der Waals surface area contributed by atoms with Gasteiger partial charge in [0.05, 0.1) is 18.9 Å². The Morgan fingerprint density at radius 3 is 3.03 bits per heavy atom. The molecule has 180 valence electrons. The van der Waals surface area contributed by atoms with Crippen molar-refractivity contribution in [2.24, 2.45) is 0 Å². The highest BCUT2D eigenvalue weighted by atomic mass is 16.5. The minimum absolute atomic E-state index is 0.0157. The van der Waals surface area contributed by atoms with Gasteiger partial charge in [0, 0.05) is 43.7 Å². The Kier molecular flexibility index (Phi) is 5.67. The van der Waals surface area contributed by atoms with Crippen LogP contribution >= 0.6 is 0 Å². The molecule has 2 aliphatic rings. The molecule has 1 aromatic carbocycles. The van der Waals surface area contributed by atoms with Gasteiger partial charge in [-0.15, -0.1) is 0 Å². The van der Waals surface area contributed by atoms with Crippen LogP contribution in [0.15, 0.2) is 47.5 Å². The van der Waals surface area contributed by atoms with Crippen LogP contribution < -0.4 is 20.9 Å². The number of fused-ring (bicyclic) bond motifs is 2. The molecule has 1 saturated heterocycles. The fourth-order valence-electron chi connectivity index (χ4n) is 4.69. The molecule has 0 radical (unpaired) electrons. The van der Waals surface area contributed by atoms with Crippen LogP contribution in [-0.2, 0) is 24.2 Å². The van der Waals surface area contributed by atoms with E-state index in [1.54, 1.807) is 17.1 Å². The Morgan fingerprint density at radius 2 is 2.17 bits per heavy atom. The Bertz CT molecular complexity index is 1440. The summed E-state index contributed by atoms with van der Waals surface area (Å²) in [4.78, 5) is 26.6. The molecule has 3 aromatic heterocycles. The molecular weight excluding hydrogens is 446 g/mol. The van der Waals surface area contributed by atoms with Gasteiger partial charge in [-0.05, 0) is 49.2 Å². The van der Waals surface area contributed by atoms with E-state index in [4.69, 9.17) is 14.5 Å². The third-order valence-electron chi connectivity index (χ3n) is 6.46. The summed E-state index contributed by atoms with van der Waals surface area (Å²) in [5, 5.41) is 7.16. The number of hydrogen-bond acceptors (Lipinski definition) is 8. The van der Waals surface area contributed by atoms with Crippen LogP contribution in [-0.4, -0.2) is 50.2 Å². The first kappa shape index (κ1) is 21.8. The van der Waals surface area contributed by atoms with Crippen molar-refractivity contribution in [3.63, 3.8) is 0 Å². The summed E-state index contributed by atoms with van der Waals surface area (Å²) < 4.78 is 14.8. The summed E-state index contributed by atoms with van der Waals surface area (Å²) in [6.07, 6.45) is 5.08. The van der Waals surface area contributed by atoms with Crippen molar-refractivity contribution in [3.8, 4) is 11.6 Å². The van der Waals surface area contributed by atoms with Gasteiger partial charge in [-0.1, -0.05) is 6.07 Å². The van der Waals surface area contributed by atoms with E-state index < -0.39 is 0 Å². The molecule has 1 unspecified atom stereocenters. The third kappa shape index (κ3) is 4.15. The summed E-state index contributed by atoms with van der Waals surface area (Å²) in [6, 6.07) is 9.97. The SMILES string of the molecule is CCn1c(=O)c2cnc(Nc3ccc4c(c3)CCNC4)nc2n1-c1ccnc(OC2CCOC2)c1. The highest BCUT2D eigenvalue weighted by molar-refractivity contribution is 5.77. The number of nitrogens with zero attached hydrogens (tertiary/aromatic N) is 5. The molecule has 0 spiro atoms. The van der Waals surface area contributed by atoms with Gasteiger partial charge in [0.15, 0.2) is 5.65 Å². The van der Waals surface area contributed by atoms with Crippen LogP contribution in [0.25, 0.3) is 16.7 Å². The largest absolute Gasteiger partial charge is 0.472 e. The lowest BCUT2D eigenvalue weighted by molar-refractivity contribution is 0.138. The number of ether oxygens (including phenoxy) is 2. The lowest BCUT2D eigenvalue weighted by Gasteiger charge is -2.18. The predicted octanol–water partition coefficient (Wildman–Crippen LogP) is 2.55. The molecule has 1 fully saturated rings. The van der Waals surface area contributed by atoms with Gasteiger partial charge in [0.25, 0.3) is 5.56 Å². The third-order valence-corrected chi connectivity index (χ3v) is 6.46. The van der Waals surface area contributed by atoms with E-state index in [9.17, 15) is 4.79 Å². The highest BCUT2D eigenvalue weighted by Gasteiger charge is 2.20. The van der Waals surface area contributed by atoms with Crippen molar-refractivity contribution < 1.29 is 9.47 Å². The van der Waals surface area contributed by atoms with Crippen LogP contribution in [0, 0.1) is 0 Å². The zero-order valence-corrected chi connectivity index (χ0v) is 19.5. The second-order valence-corrected chi connectivity index (χ2v) is 8.75. The van der Waals surface area contributed by atoms with Crippen molar-refractivity contribution in [3.05, 3.63) is 64.2 Å². The van der Waals surface area contributed by atoms with E-state index in [2.05, 4.69) is 32.7 Å². The van der Waals surface area contributed by atoms with Crippen molar-refractivity contribution in [1.82, 2.24) is 29.6 Å². The maximum atomic E-state index is 13.1. The molecule has 5 heterocycles. The lowest BCUT2D eigenvalue weighted by atomic mass is 10.0. The van der Waals surface area contributed by atoms with Gasteiger partial charge in [-0.3, -0.25) is 4.79 Å². The number of rotatable bonds is 6. The Balaban J connectivity index is 1.38. The zero-order valence-electron chi connectivity index (χ0n) is 19.5. The van der Waals surface area contributed by atoms with Gasteiger partial charge >= 0.3 is 0 Å². The van der Waals surface area contributed by atoms with Gasteiger partial charge in [-0.2, -0.15) is 4.98 Å². The molecule has 10 heteroatoms. The van der Waals surface area contributed by atoms with Crippen molar-refractivity contribution >= 4 is 22.7 Å². The second-order valence-electron chi connectivity index (χ2n) is 8.75. The first-order chi connectivity index (χ1) is 17.2. The fourth-order valence-corrected chi connectivity index (χ4v) is 4.69. The molecule has 1 atom stereocenters. The fraction of sp³-hybridized carbons (Fsp3) is 0.360. The number of anilines is 2. The van der Waals surface area contributed by atoms with Crippen LogP contribution in [0.5, 0.6) is 5.88 Å². The van der Waals surface area contributed by atoms with E-state index in [1.165, 1.54) is 11.1 Å². The summed E-state index contributed by atoms with van der Waals surface area (Å²) in [6.45, 7) is 5.52. The molecule has 35 heavy (non-hydrogen) atoms. The molecule has 10 nitrogen and oxygen atoms in total. The molecular formula is C25H27N7O3. The number of pyridine rings is 1. The van der Waals surface area contributed by atoms with Crippen molar-refractivity contribution in [1.29, 1.82) is 0 Å². The Hall–Kier alpha value is -3.76. The van der Waals surface area contributed by atoms with Crippen LogP contribution in [0.3, 0.4) is 0 Å². The monoisotopic (exact) mass is 473 g/mol. The van der Waals surface area contributed by atoms with E-state index in [1.807, 2.05) is 29.8 Å². The van der Waals surface area contributed by atoms with Gasteiger partial charge in [-0.25, -0.2) is 19.3 Å². The molecule has 2 N–H and O–H groups in total. The van der Waals surface area contributed by atoms with Gasteiger partial charge in [0.2, 0.25) is 11.8 Å². The maximum absolute atomic E-state index is 13.1. The van der Waals surface area contributed by atoms with Gasteiger partial charge < -0.3 is 20.1 Å². The van der Waals surface area contributed by atoms with Crippen molar-refractivity contribution in [2.45, 2.75) is 39.0 Å². The minimum Gasteiger partial charge on any atom is -0.472 e. The van der Waals surface area contributed by atoms with E-state index in [0.717, 1.165) is 37.3 Å². The standard InChI is InChI=1S/C25H27N7O3/c1-2-31-24(33)21-14-28-25(29-18-4-3-17-13-26-8-5-16(17)11-18)30-23(21)32(31)19-6-9-27-22(12-19)35-20-7-10-34-15-20/h3-4,6,9,11-12,14,20,26H,2,5,7-8,10,13,15H2,1H3,(H,28,29,30). The van der Waals surface area contributed by atoms with Crippen LogP contribution in [0.4, 0.5) is 11.6 Å². The van der Waals surface area contributed by atoms with E-state index >= 15 is 0 Å². The molecule has 4 aromatic rings. The first-order valence-corrected chi connectivity index (χ1v) is 12.0. The zero-order chi connectivity index (χ0) is 23.8. The minimum atomic E-state index is -0.140. The summed E-state index contributed by atoms with van der Waals surface area (Å²) >= 11 is 0. The summed E-state index contributed by atoms with van der Waals surface area (Å²) in [5.41, 5.74) is 4.69. The normalized spacial score (nSPS) is 17.5. The van der Waals surface area contributed by atoms with Gasteiger partial charge in [0.1, 0.15) is 11.5 Å². The molecule has 2 aliphatic heterocycles. The maximum Gasteiger partial charge on any atom is 0.278 e. The van der Waals surface area contributed by atoms with Crippen LogP contribution in [0.1, 0.15) is 24.5 Å². The lowest BCUT2D eigenvalue weighted by Crippen LogP contribution is -2.23.